The van der Waals surface area contributed by atoms with Gasteiger partial charge < -0.3 is 10.1 Å². The molecule has 0 bridgehead atoms. The molecule has 1 saturated heterocycles. The standard InChI is InChI=1S/C11H15N5O/c1-8-14-15-10-11(13-6-7-16(8)10)17-9-2-4-12-5-3-9/h6-7,9,12H,2-5H2,1H3. The number of ether oxygens (including phenoxy) is 1. The molecule has 17 heavy (non-hydrogen) atoms. The van der Waals surface area contributed by atoms with Gasteiger partial charge >= 0.3 is 0 Å². The van der Waals surface area contributed by atoms with Crippen LogP contribution in [0, 0.1) is 6.92 Å². The van der Waals surface area contributed by atoms with Gasteiger partial charge in [0.05, 0.1) is 0 Å². The minimum Gasteiger partial charge on any atom is -0.472 e. The largest absolute Gasteiger partial charge is 0.472 e. The molecule has 3 rings (SSSR count). The molecular weight excluding hydrogens is 218 g/mol. The predicted octanol–water partition coefficient (Wildman–Crippen LogP) is 0.564. The van der Waals surface area contributed by atoms with Gasteiger partial charge in [-0.25, -0.2) is 4.98 Å². The maximum absolute atomic E-state index is 5.91. The van der Waals surface area contributed by atoms with E-state index in [0.29, 0.717) is 11.5 Å². The number of hydrogen-bond donors (Lipinski definition) is 1. The summed E-state index contributed by atoms with van der Waals surface area (Å²) in [4.78, 5) is 4.25. The molecule has 0 spiro atoms. The molecule has 0 amide bonds. The average Bonchev–Trinajstić information content (AvgIpc) is 2.74. The second-order valence-corrected chi connectivity index (χ2v) is 4.24. The van der Waals surface area contributed by atoms with Gasteiger partial charge in [0.1, 0.15) is 11.9 Å². The molecule has 1 fully saturated rings. The Morgan fingerprint density at radius 3 is 3.00 bits per heavy atom. The highest BCUT2D eigenvalue weighted by Gasteiger charge is 2.17. The molecule has 90 valence electrons. The molecule has 6 heteroatoms. The van der Waals surface area contributed by atoms with Gasteiger partial charge in [-0.1, -0.05) is 0 Å². The van der Waals surface area contributed by atoms with Gasteiger partial charge in [-0.15, -0.1) is 10.2 Å². The van der Waals surface area contributed by atoms with Crippen LogP contribution in [0.2, 0.25) is 0 Å². The fourth-order valence-electron chi connectivity index (χ4n) is 2.07. The Labute approximate surface area is 99.0 Å². The molecule has 2 aromatic heterocycles. The average molecular weight is 233 g/mol. The molecule has 0 atom stereocenters. The van der Waals surface area contributed by atoms with E-state index in [2.05, 4.69) is 20.5 Å². The van der Waals surface area contributed by atoms with E-state index < -0.39 is 0 Å². The van der Waals surface area contributed by atoms with Crippen molar-refractivity contribution in [2.75, 3.05) is 13.1 Å². The van der Waals surface area contributed by atoms with Gasteiger partial charge in [0, 0.05) is 12.4 Å². The summed E-state index contributed by atoms with van der Waals surface area (Å²) in [5, 5.41) is 11.4. The second-order valence-electron chi connectivity index (χ2n) is 4.24. The summed E-state index contributed by atoms with van der Waals surface area (Å²) in [5.74, 6) is 1.43. The van der Waals surface area contributed by atoms with E-state index in [1.165, 1.54) is 0 Å². The quantitative estimate of drug-likeness (QED) is 0.821. The number of piperidine rings is 1. The third-order valence-corrected chi connectivity index (χ3v) is 3.03. The first-order valence-corrected chi connectivity index (χ1v) is 5.88. The van der Waals surface area contributed by atoms with Crippen molar-refractivity contribution in [1.82, 2.24) is 24.9 Å². The lowest BCUT2D eigenvalue weighted by Crippen LogP contribution is -2.34. The SMILES string of the molecule is Cc1nnc2c(OC3CCNCC3)nccn12. The van der Waals surface area contributed by atoms with Crippen molar-refractivity contribution in [3.05, 3.63) is 18.2 Å². The Morgan fingerprint density at radius 1 is 1.35 bits per heavy atom. The van der Waals surface area contributed by atoms with E-state index in [9.17, 15) is 0 Å². The first-order valence-electron chi connectivity index (χ1n) is 5.88. The van der Waals surface area contributed by atoms with Crippen LogP contribution < -0.4 is 10.1 Å². The molecule has 3 heterocycles. The molecular formula is C11H15N5O. The molecule has 2 aromatic rings. The first-order chi connectivity index (χ1) is 8.34. The summed E-state index contributed by atoms with van der Waals surface area (Å²) >= 11 is 0. The minimum absolute atomic E-state index is 0.229. The Kier molecular flexibility index (Phi) is 2.64. The van der Waals surface area contributed by atoms with Crippen LogP contribution in [0.5, 0.6) is 5.88 Å². The molecule has 0 radical (unpaired) electrons. The van der Waals surface area contributed by atoms with E-state index in [-0.39, 0.29) is 6.10 Å². The summed E-state index contributed by atoms with van der Waals surface area (Å²) in [7, 11) is 0. The highest BCUT2D eigenvalue weighted by Crippen LogP contribution is 2.18. The van der Waals surface area contributed by atoms with E-state index >= 15 is 0 Å². The van der Waals surface area contributed by atoms with Crippen molar-refractivity contribution in [2.45, 2.75) is 25.9 Å². The van der Waals surface area contributed by atoms with Gasteiger partial charge in [-0.3, -0.25) is 4.40 Å². The Morgan fingerprint density at radius 2 is 2.18 bits per heavy atom. The van der Waals surface area contributed by atoms with Crippen molar-refractivity contribution in [1.29, 1.82) is 0 Å². The third-order valence-electron chi connectivity index (χ3n) is 3.03. The minimum atomic E-state index is 0.229. The first kappa shape index (κ1) is 10.5. The number of hydrogen-bond acceptors (Lipinski definition) is 5. The number of rotatable bonds is 2. The number of nitrogens with zero attached hydrogens (tertiary/aromatic N) is 4. The zero-order valence-corrected chi connectivity index (χ0v) is 9.76. The molecule has 0 saturated carbocycles. The van der Waals surface area contributed by atoms with Crippen molar-refractivity contribution >= 4 is 5.65 Å². The summed E-state index contributed by atoms with van der Waals surface area (Å²) in [6.07, 6.45) is 5.82. The predicted molar refractivity (Wildman–Crippen MR) is 62.0 cm³/mol. The van der Waals surface area contributed by atoms with Crippen molar-refractivity contribution in [3.63, 3.8) is 0 Å². The monoisotopic (exact) mass is 233 g/mol. The van der Waals surface area contributed by atoms with Crippen LogP contribution in [-0.2, 0) is 0 Å². The Hall–Kier alpha value is -1.69. The van der Waals surface area contributed by atoms with Crippen molar-refractivity contribution < 1.29 is 4.74 Å². The summed E-state index contributed by atoms with van der Waals surface area (Å²) in [6, 6.07) is 0. The number of fused-ring (bicyclic) bond motifs is 1. The van der Waals surface area contributed by atoms with Gasteiger partial charge in [-0.05, 0) is 32.9 Å². The fourth-order valence-corrected chi connectivity index (χ4v) is 2.07. The highest BCUT2D eigenvalue weighted by atomic mass is 16.5. The van der Waals surface area contributed by atoms with E-state index in [4.69, 9.17) is 4.74 Å². The van der Waals surface area contributed by atoms with Crippen molar-refractivity contribution in [3.8, 4) is 5.88 Å². The molecule has 1 N–H and O–H groups in total. The lowest BCUT2D eigenvalue weighted by atomic mass is 10.1. The van der Waals surface area contributed by atoms with E-state index in [0.717, 1.165) is 31.8 Å². The zero-order chi connectivity index (χ0) is 11.7. The molecule has 1 aliphatic heterocycles. The van der Waals surface area contributed by atoms with Crippen molar-refractivity contribution in [2.24, 2.45) is 0 Å². The molecule has 0 aromatic carbocycles. The maximum Gasteiger partial charge on any atom is 0.260 e. The Bertz CT molecular complexity index is 518. The maximum atomic E-state index is 5.91. The summed E-state index contributed by atoms with van der Waals surface area (Å²) in [5.41, 5.74) is 0.698. The van der Waals surface area contributed by atoms with Crippen LogP contribution in [0.1, 0.15) is 18.7 Å². The van der Waals surface area contributed by atoms with E-state index in [1.54, 1.807) is 6.20 Å². The second kappa shape index (κ2) is 4.29. The van der Waals surface area contributed by atoms with E-state index in [1.807, 2.05) is 17.5 Å². The van der Waals surface area contributed by atoms with Gasteiger partial charge in [0.25, 0.3) is 5.88 Å². The number of aromatic nitrogens is 4. The Balaban J connectivity index is 1.89. The molecule has 1 aliphatic rings. The van der Waals surface area contributed by atoms with Crippen LogP contribution in [-0.4, -0.2) is 38.8 Å². The third kappa shape index (κ3) is 1.95. The van der Waals surface area contributed by atoms with Gasteiger partial charge in [0.15, 0.2) is 0 Å². The molecule has 0 unspecified atom stereocenters. The van der Waals surface area contributed by atoms with Crippen LogP contribution in [0.25, 0.3) is 5.65 Å². The smallest absolute Gasteiger partial charge is 0.260 e. The lowest BCUT2D eigenvalue weighted by Gasteiger charge is -2.23. The summed E-state index contributed by atoms with van der Waals surface area (Å²) in [6.45, 7) is 3.91. The molecule has 6 nitrogen and oxygen atoms in total. The summed E-state index contributed by atoms with van der Waals surface area (Å²) < 4.78 is 7.80. The fraction of sp³-hybridized carbons (Fsp3) is 0.545. The number of aryl methyl sites for hydroxylation is 1. The highest BCUT2D eigenvalue weighted by molar-refractivity contribution is 5.48. The number of nitrogens with one attached hydrogen (secondary N) is 1. The van der Waals surface area contributed by atoms with Gasteiger partial charge in [0.2, 0.25) is 5.65 Å². The van der Waals surface area contributed by atoms with Crippen LogP contribution in [0.4, 0.5) is 0 Å². The van der Waals surface area contributed by atoms with Crippen LogP contribution >= 0.6 is 0 Å². The zero-order valence-electron chi connectivity index (χ0n) is 9.76. The van der Waals surface area contributed by atoms with Crippen LogP contribution in [0.15, 0.2) is 12.4 Å². The van der Waals surface area contributed by atoms with Crippen LogP contribution in [0.3, 0.4) is 0 Å². The molecule has 0 aliphatic carbocycles. The lowest BCUT2D eigenvalue weighted by molar-refractivity contribution is 0.157. The van der Waals surface area contributed by atoms with Gasteiger partial charge in [-0.2, -0.15) is 0 Å². The topological polar surface area (TPSA) is 64.3 Å². The normalized spacial score (nSPS) is 17.5.